The van der Waals surface area contributed by atoms with Crippen LogP contribution in [0.25, 0.3) is 6.08 Å². The molecule has 16 heavy (non-hydrogen) atoms. The number of carbonyl (C=O) groups is 1. The predicted octanol–water partition coefficient (Wildman–Crippen LogP) is 2.06. The van der Waals surface area contributed by atoms with Gasteiger partial charge in [0, 0.05) is 22.3 Å². The third-order valence-electron chi connectivity index (χ3n) is 2.73. The van der Waals surface area contributed by atoms with Gasteiger partial charge in [-0.25, -0.2) is 5.43 Å². The van der Waals surface area contributed by atoms with E-state index in [0.29, 0.717) is 11.5 Å². The highest BCUT2D eigenvalue weighted by molar-refractivity contribution is 9.10. The average Bonchev–Trinajstić information content (AvgIpc) is 2.93. The molecule has 1 aromatic heterocycles. The number of hydrogen-bond donors (Lipinski definition) is 2. The number of hydrazone groups is 1. The van der Waals surface area contributed by atoms with Gasteiger partial charge in [-0.1, -0.05) is 0 Å². The number of H-pyrrole nitrogens is 1. The maximum Gasteiger partial charge on any atom is 0.273 e. The van der Waals surface area contributed by atoms with E-state index in [-0.39, 0.29) is 5.91 Å². The number of amides is 1. The van der Waals surface area contributed by atoms with Crippen LogP contribution in [0.1, 0.15) is 18.5 Å². The molecule has 0 unspecified atom stereocenters. The molecule has 0 bridgehead atoms. The van der Waals surface area contributed by atoms with E-state index in [4.69, 9.17) is 0 Å². The molecule has 5 heteroatoms. The van der Waals surface area contributed by atoms with E-state index in [1.54, 1.807) is 0 Å². The molecule has 0 saturated heterocycles. The fraction of sp³-hybridized carbons (Fsp3) is 0.273. The molecule has 1 aromatic rings. The van der Waals surface area contributed by atoms with Crippen molar-refractivity contribution in [3.8, 4) is 0 Å². The Balaban J connectivity index is 1.94. The summed E-state index contributed by atoms with van der Waals surface area (Å²) in [7, 11) is 0. The number of halogens is 1. The highest BCUT2D eigenvalue weighted by Crippen LogP contribution is 2.35. The van der Waals surface area contributed by atoms with E-state index in [0.717, 1.165) is 28.7 Å². The third-order valence-corrected chi connectivity index (χ3v) is 3.19. The van der Waals surface area contributed by atoms with Gasteiger partial charge in [0.15, 0.2) is 0 Å². The van der Waals surface area contributed by atoms with E-state index in [9.17, 15) is 4.79 Å². The van der Waals surface area contributed by atoms with Crippen molar-refractivity contribution in [2.24, 2.45) is 11.0 Å². The second kappa shape index (κ2) is 3.59. The fourth-order valence-electron chi connectivity index (χ4n) is 1.78. The maximum atomic E-state index is 11.6. The number of nitrogens with one attached hydrogen (secondary N) is 2. The van der Waals surface area contributed by atoms with Gasteiger partial charge in [0.1, 0.15) is 0 Å². The largest absolute Gasteiger partial charge is 0.361 e. The lowest BCUT2D eigenvalue weighted by atomic mass is 10.1. The lowest BCUT2D eigenvalue weighted by molar-refractivity contribution is -0.116. The van der Waals surface area contributed by atoms with Crippen LogP contribution in [0.3, 0.4) is 0 Å². The minimum atomic E-state index is -0.104. The predicted molar refractivity (Wildman–Crippen MR) is 64.8 cm³/mol. The normalized spacial score (nSPS) is 22.4. The SMILES string of the molecule is O=C1NN=C(C2CC2)C1=Cc1cc(Br)c[nH]1. The van der Waals surface area contributed by atoms with Crippen LogP contribution in [0.15, 0.2) is 27.4 Å². The standard InChI is InChI=1S/C11H10BrN3O/c12-7-3-8(13-5-7)4-9-10(6-1-2-6)14-15-11(9)16/h3-6,13H,1-2H2,(H,15,16). The van der Waals surface area contributed by atoms with Gasteiger partial charge >= 0.3 is 0 Å². The van der Waals surface area contributed by atoms with Gasteiger partial charge in [-0.3, -0.25) is 4.79 Å². The molecule has 0 atom stereocenters. The first kappa shape index (κ1) is 9.84. The quantitative estimate of drug-likeness (QED) is 0.800. The van der Waals surface area contributed by atoms with Crippen molar-refractivity contribution in [2.45, 2.75) is 12.8 Å². The average molecular weight is 280 g/mol. The molecule has 1 aliphatic carbocycles. The lowest BCUT2D eigenvalue weighted by Gasteiger charge is -1.96. The van der Waals surface area contributed by atoms with Crippen molar-refractivity contribution >= 4 is 33.6 Å². The molecule has 0 radical (unpaired) electrons. The number of rotatable bonds is 2. The van der Waals surface area contributed by atoms with E-state index < -0.39 is 0 Å². The summed E-state index contributed by atoms with van der Waals surface area (Å²) in [6, 6.07) is 1.93. The first-order valence-corrected chi connectivity index (χ1v) is 5.97. The Bertz CT molecular complexity index is 511. The summed E-state index contributed by atoms with van der Waals surface area (Å²) in [6.45, 7) is 0. The highest BCUT2D eigenvalue weighted by atomic mass is 79.9. The van der Waals surface area contributed by atoms with Gasteiger partial charge < -0.3 is 4.98 Å². The van der Waals surface area contributed by atoms with Crippen LogP contribution in [-0.4, -0.2) is 16.6 Å². The van der Waals surface area contributed by atoms with Crippen LogP contribution in [0.4, 0.5) is 0 Å². The number of carbonyl (C=O) groups excluding carboxylic acids is 1. The van der Waals surface area contributed by atoms with Crippen LogP contribution in [-0.2, 0) is 4.79 Å². The van der Waals surface area contributed by atoms with Crippen LogP contribution in [0.2, 0.25) is 0 Å². The van der Waals surface area contributed by atoms with E-state index in [2.05, 4.69) is 31.4 Å². The summed E-state index contributed by atoms with van der Waals surface area (Å²) in [5, 5.41) is 4.09. The van der Waals surface area contributed by atoms with Gasteiger partial charge in [-0.2, -0.15) is 5.10 Å². The van der Waals surface area contributed by atoms with Crippen LogP contribution < -0.4 is 5.43 Å². The second-order valence-corrected chi connectivity index (χ2v) is 4.96. The Morgan fingerprint density at radius 2 is 2.31 bits per heavy atom. The monoisotopic (exact) mass is 279 g/mol. The Kier molecular flexibility index (Phi) is 2.21. The van der Waals surface area contributed by atoms with Crippen LogP contribution in [0, 0.1) is 5.92 Å². The molecule has 2 aliphatic rings. The summed E-state index contributed by atoms with van der Waals surface area (Å²) in [6.07, 6.45) is 5.97. The van der Waals surface area contributed by atoms with Crippen molar-refractivity contribution in [1.82, 2.24) is 10.4 Å². The fourth-order valence-corrected chi connectivity index (χ4v) is 2.14. The summed E-state index contributed by atoms with van der Waals surface area (Å²) >= 11 is 3.36. The first-order chi connectivity index (χ1) is 7.74. The summed E-state index contributed by atoms with van der Waals surface area (Å²) < 4.78 is 0.975. The van der Waals surface area contributed by atoms with Gasteiger partial charge in [-0.05, 0) is 40.9 Å². The molecule has 1 aliphatic heterocycles. The van der Waals surface area contributed by atoms with E-state index in [1.807, 2.05) is 18.3 Å². The Hall–Kier alpha value is -1.36. The van der Waals surface area contributed by atoms with Gasteiger partial charge in [0.25, 0.3) is 5.91 Å². The Morgan fingerprint density at radius 3 is 2.94 bits per heavy atom. The molecule has 0 aromatic carbocycles. The summed E-state index contributed by atoms with van der Waals surface area (Å²) in [4.78, 5) is 14.7. The van der Waals surface area contributed by atoms with Crippen molar-refractivity contribution in [2.75, 3.05) is 0 Å². The molecule has 1 saturated carbocycles. The number of nitrogens with zero attached hydrogens (tertiary/aromatic N) is 1. The zero-order chi connectivity index (χ0) is 11.1. The Morgan fingerprint density at radius 1 is 1.50 bits per heavy atom. The molecule has 2 heterocycles. The molecule has 4 nitrogen and oxygen atoms in total. The summed E-state index contributed by atoms with van der Waals surface area (Å²) in [5.41, 5.74) is 5.04. The second-order valence-electron chi connectivity index (χ2n) is 4.04. The van der Waals surface area contributed by atoms with Crippen molar-refractivity contribution in [1.29, 1.82) is 0 Å². The van der Waals surface area contributed by atoms with E-state index in [1.165, 1.54) is 0 Å². The van der Waals surface area contributed by atoms with Gasteiger partial charge in [0.2, 0.25) is 0 Å². The molecule has 1 amide bonds. The van der Waals surface area contributed by atoms with Crippen molar-refractivity contribution in [3.05, 3.63) is 28.0 Å². The highest BCUT2D eigenvalue weighted by Gasteiger charge is 2.35. The number of hydrogen-bond acceptors (Lipinski definition) is 2. The minimum Gasteiger partial charge on any atom is -0.361 e. The zero-order valence-electron chi connectivity index (χ0n) is 8.46. The molecule has 82 valence electrons. The maximum absolute atomic E-state index is 11.6. The zero-order valence-corrected chi connectivity index (χ0v) is 10.0. The smallest absolute Gasteiger partial charge is 0.273 e. The molecule has 2 N–H and O–H groups in total. The van der Waals surface area contributed by atoms with E-state index >= 15 is 0 Å². The topological polar surface area (TPSA) is 57.2 Å². The Labute approximate surface area is 101 Å². The summed E-state index contributed by atoms with van der Waals surface area (Å²) in [5.74, 6) is 0.372. The molecule has 0 spiro atoms. The van der Waals surface area contributed by atoms with Crippen LogP contribution >= 0.6 is 15.9 Å². The first-order valence-electron chi connectivity index (χ1n) is 5.18. The van der Waals surface area contributed by atoms with Crippen molar-refractivity contribution < 1.29 is 4.79 Å². The molecular weight excluding hydrogens is 270 g/mol. The minimum absolute atomic E-state index is 0.104. The lowest BCUT2D eigenvalue weighted by Crippen LogP contribution is -2.13. The number of aromatic nitrogens is 1. The van der Waals surface area contributed by atoms with Crippen LogP contribution in [0.5, 0.6) is 0 Å². The van der Waals surface area contributed by atoms with Crippen molar-refractivity contribution in [3.63, 3.8) is 0 Å². The number of aromatic amines is 1. The van der Waals surface area contributed by atoms with Gasteiger partial charge in [0.05, 0.1) is 11.3 Å². The third kappa shape index (κ3) is 1.71. The molecule has 3 rings (SSSR count). The molecule has 1 fully saturated rings. The van der Waals surface area contributed by atoms with Gasteiger partial charge in [-0.15, -0.1) is 0 Å². The molecular formula is C11H10BrN3O.